The third kappa shape index (κ3) is 4.21. The minimum Gasteiger partial charge on any atom is -0.469 e. The van der Waals surface area contributed by atoms with E-state index in [9.17, 15) is 4.79 Å². The van der Waals surface area contributed by atoms with E-state index >= 15 is 0 Å². The van der Waals surface area contributed by atoms with Crippen LogP contribution in [0, 0.1) is 19.8 Å². The smallest absolute Gasteiger partial charge is 0.305 e. The van der Waals surface area contributed by atoms with E-state index in [4.69, 9.17) is 10.5 Å². The van der Waals surface area contributed by atoms with Crippen molar-refractivity contribution in [2.45, 2.75) is 39.2 Å². The fourth-order valence-electron chi connectivity index (χ4n) is 3.01. The molecule has 1 fully saturated rings. The Morgan fingerprint density at radius 2 is 2.10 bits per heavy atom. The molecule has 2 unspecified atom stereocenters. The van der Waals surface area contributed by atoms with Crippen molar-refractivity contribution >= 4 is 11.7 Å². The first-order valence-corrected chi connectivity index (χ1v) is 7.64. The van der Waals surface area contributed by atoms with Crippen LogP contribution in [0.5, 0.6) is 0 Å². The second-order valence-corrected chi connectivity index (χ2v) is 6.15. The van der Waals surface area contributed by atoms with Gasteiger partial charge in [0.25, 0.3) is 0 Å². The van der Waals surface area contributed by atoms with Gasteiger partial charge in [-0.25, -0.2) is 0 Å². The highest BCUT2D eigenvalue weighted by molar-refractivity contribution is 5.69. The monoisotopic (exact) mass is 290 g/mol. The molecule has 2 rings (SSSR count). The van der Waals surface area contributed by atoms with Gasteiger partial charge in [0.15, 0.2) is 0 Å². The van der Waals surface area contributed by atoms with Crippen molar-refractivity contribution in [1.29, 1.82) is 0 Å². The highest BCUT2D eigenvalue weighted by Gasteiger charge is 2.25. The maximum absolute atomic E-state index is 11.3. The van der Waals surface area contributed by atoms with Crippen LogP contribution in [0.3, 0.4) is 0 Å². The van der Waals surface area contributed by atoms with Crippen molar-refractivity contribution in [3.05, 3.63) is 29.3 Å². The lowest BCUT2D eigenvalue weighted by molar-refractivity contribution is -0.140. The lowest BCUT2D eigenvalue weighted by Gasteiger charge is -2.38. The topological polar surface area (TPSA) is 55.6 Å². The average Bonchev–Trinajstić information content (AvgIpc) is 2.47. The molecule has 2 N–H and O–H groups in total. The highest BCUT2D eigenvalue weighted by Crippen LogP contribution is 2.27. The number of ether oxygens (including phenoxy) is 1. The maximum atomic E-state index is 11.3. The molecule has 21 heavy (non-hydrogen) atoms. The van der Waals surface area contributed by atoms with Gasteiger partial charge in [0.05, 0.1) is 7.11 Å². The number of hydrogen-bond donors (Lipinski definition) is 1. The van der Waals surface area contributed by atoms with Crippen LogP contribution in [0.1, 0.15) is 30.4 Å². The van der Waals surface area contributed by atoms with Gasteiger partial charge in [-0.15, -0.1) is 0 Å². The molecule has 1 heterocycles. The molecule has 0 amide bonds. The first-order valence-electron chi connectivity index (χ1n) is 7.64. The third-order valence-electron chi connectivity index (χ3n) is 4.41. The van der Waals surface area contributed by atoms with Crippen LogP contribution in [-0.4, -0.2) is 32.2 Å². The summed E-state index contributed by atoms with van der Waals surface area (Å²) in [5, 5.41) is 0. The van der Waals surface area contributed by atoms with Crippen molar-refractivity contribution < 1.29 is 9.53 Å². The molecule has 1 aromatic rings. The van der Waals surface area contributed by atoms with E-state index in [0.717, 1.165) is 25.9 Å². The summed E-state index contributed by atoms with van der Waals surface area (Å²) in [6.07, 6.45) is 2.31. The zero-order chi connectivity index (χ0) is 15.4. The number of carbonyl (C=O) groups excluding carboxylic acids is 1. The van der Waals surface area contributed by atoms with E-state index in [1.165, 1.54) is 23.9 Å². The number of benzene rings is 1. The Labute approximate surface area is 127 Å². The van der Waals surface area contributed by atoms with E-state index in [1.54, 1.807) is 0 Å². The Kier molecular flexibility index (Phi) is 5.23. The van der Waals surface area contributed by atoms with E-state index in [2.05, 4.69) is 36.9 Å². The van der Waals surface area contributed by atoms with Crippen LogP contribution in [0.25, 0.3) is 0 Å². The molecule has 1 aliphatic heterocycles. The molecular weight excluding hydrogens is 264 g/mol. The quantitative estimate of drug-likeness (QED) is 0.865. The summed E-state index contributed by atoms with van der Waals surface area (Å²) < 4.78 is 4.72. The molecule has 116 valence electrons. The first-order chi connectivity index (χ1) is 9.99. The van der Waals surface area contributed by atoms with E-state index in [1.807, 2.05) is 0 Å². The van der Waals surface area contributed by atoms with Gasteiger partial charge in [-0.2, -0.15) is 0 Å². The summed E-state index contributed by atoms with van der Waals surface area (Å²) in [4.78, 5) is 13.7. The van der Waals surface area contributed by atoms with E-state index in [0.29, 0.717) is 12.3 Å². The predicted octanol–water partition coefficient (Wildman–Crippen LogP) is 2.41. The van der Waals surface area contributed by atoms with Crippen LogP contribution in [0.2, 0.25) is 0 Å². The number of methoxy groups -OCH3 is 1. The largest absolute Gasteiger partial charge is 0.469 e. The average molecular weight is 290 g/mol. The van der Waals surface area contributed by atoms with Crippen LogP contribution in [0.15, 0.2) is 18.2 Å². The predicted molar refractivity (Wildman–Crippen MR) is 85.5 cm³/mol. The number of nitrogens with two attached hydrogens (primary N) is 1. The zero-order valence-corrected chi connectivity index (χ0v) is 13.3. The molecule has 0 bridgehead atoms. The molecule has 0 saturated carbocycles. The summed E-state index contributed by atoms with van der Waals surface area (Å²) in [5.41, 5.74) is 10.0. The number of aryl methyl sites for hydroxylation is 2. The van der Waals surface area contributed by atoms with Crippen molar-refractivity contribution in [2.24, 2.45) is 11.7 Å². The van der Waals surface area contributed by atoms with Crippen LogP contribution < -0.4 is 10.6 Å². The number of nitrogens with zero attached hydrogens (tertiary/aromatic N) is 1. The van der Waals surface area contributed by atoms with Gasteiger partial charge in [-0.3, -0.25) is 4.79 Å². The Hall–Kier alpha value is -1.55. The lowest BCUT2D eigenvalue weighted by atomic mass is 9.90. The molecule has 1 aliphatic rings. The number of hydrogen-bond acceptors (Lipinski definition) is 4. The second kappa shape index (κ2) is 6.94. The van der Waals surface area contributed by atoms with Crippen LogP contribution in [0.4, 0.5) is 5.69 Å². The van der Waals surface area contributed by atoms with Gasteiger partial charge < -0.3 is 15.4 Å². The Morgan fingerprint density at radius 1 is 1.33 bits per heavy atom. The number of esters is 1. The Bertz CT molecular complexity index is 502. The molecule has 0 spiro atoms. The zero-order valence-electron chi connectivity index (χ0n) is 13.3. The molecule has 0 aromatic heterocycles. The van der Waals surface area contributed by atoms with E-state index < -0.39 is 0 Å². The van der Waals surface area contributed by atoms with Crippen molar-refractivity contribution in [3.8, 4) is 0 Å². The van der Waals surface area contributed by atoms with Gasteiger partial charge in [0, 0.05) is 31.2 Å². The number of piperidine rings is 1. The minimum atomic E-state index is -0.133. The molecule has 2 atom stereocenters. The van der Waals surface area contributed by atoms with Crippen molar-refractivity contribution in [2.75, 3.05) is 25.1 Å². The summed E-state index contributed by atoms with van der Waals surface area (Å²) in [5.74, 6) is 0.321. The molecule has 1 saturated heterocycles. The fourth-order valence-corrected chi connectivity index (χ4v) is 3.01. The third-order valence-corrected chi connectivity index (χ3v) is 4.41. The molecule has 0 aliphatic carbocycles. The lowest BCUT2D eigenvalue weighted by Crippen LogP contribution is -2.47. The molecular formula is C17H26N2O2. The first kappa shape index (κ1) is 15.8. The number of rotatable bonds is 4. The van der Waals surface area contributed by atoms with Crippen LogP contribution >= 0.6 is 0 Å². The van der Waals surface area contributed by atoms with E-state index in [-0.39, 0.29) is 12.0 Å². The second-order valence-electron chi connectivity index (χ2n) is 6.15. The number of carbonyl (C=O) groups is 1. The van der Waals surface area contributed by atoms with Gasteiger partial charge >= 0.3 is 5.97 Å². The summed E-state index contributed by atoms with van der Waals surface area (Å²) in [6, 6.07) is 6.72. The summed E-state index contributed by atoms with van der Waals surface area (Å²) in [6.45, 7) is 6.11. The molecule has 1 aromatic carbocycles. The van der Waals surface area contributed by atoms with Crippen molar-refractivity contribution in [3.63, 3.8) is 0 Å². The van der Waals surface area contributed by atoms with Gasteiger partial charge in [0.2, 0.25) is 0 Å². The maximum Gasteiger partial charge on any atom is 0.305 e. The number of anilines is 1. The summed E-state index contributed by atoms with van der Waals surface area (Å²) in [7, 11) is 1.44. The van der Waals surface area contributed by atoms with Crippen LogP contribution in [-0.2, 0) is 9.53 Å². The highest BCUT2D eigenvalue weighted by atomic mass is 16.5. The SMILES string of the molecule is COC(=O)CCC1CC(N)CN(c2ccc(C)c(C)c2)C1. The van der Waals surface area contributed by atoms with Gasteiger partial charge in [0.1, 0.15) is 0 Å². The molecule has 4 heteroatoms. The molecule has 4 nitrogen and oxygen atoms in total. The minimum absolute atomic E-state index is 0.133. The van der Waals surface area contributed by atoms with Gasteiger partial charge in [-0.1, -0.05) is 6.07 Å². The van der Waals surface area contributed by atoms with Crippen molar-refractivity contribution in [1.82, 2.24) is 0 Å². The van der Waals surface area contributed by atoms with Gasteiger partial charge in [-0.05, 0) is 55.9 Å². The standard InChI is InChI=1S/C17H26N2O2/c1-12-4-6-16(8-13(12)2)19-10-14(9-15(18)11-19)5-7-17(20)21-3/h4,6,8,14-15H,5,7,9-11,18H2,1-3H3. The summed E-state index contributed by atoms with van der Waals surface area (Å²) >= 11 is 0. The Morgan fingerprint density at radius 3 is 2.76 bits per heavy atom. The molecule has 0 radical (unpaired) electrons. The normalized spacial score (nSPS) is 22.2. The Balaban J connectivity index is 2.02. The fraction of sp³-hybridized carbons (Fsp3) is 0.588.